The number of nitrogens with zero attached hydrogens (tertiary/aromatic N) is 3. The lowest BCUT2D eigenvalue weighted by atomic mass is 10.2. The molecule has 0 radical (unpaired) electrons. The largest absolute Gasteiger partial charge is 0.497 e. The fraction of sp³-hybridized carbons (Fsp3) is 0.250. The molecular formula is C20H19F3N4O3S. The number of carbonyl (C=O) groups excluding carboxylic acids is 1. The minimum Gasteiger partial charge on any atom is -0.497 e. The summed E-state index contributed by atoms with van der Waals surface area (Å²) in [4.78, 5) is 12.1. The van der Waals surface area contributed by atoms with Crippen LogP contribution in [0.4, 0.5) is 18.9 Å². The highest BCUT2D eigenvalue weighted by Crippen LogP contribution is 2.30. The van der Waals surface area contributed by atoms with E-state index in [1.54, 1.807) is 43.0 Å². The number of hydrogen-bond donors (Lipinski definition) is 1. The second-order valence-corrected chi connectivity index (χ2v) is 7.28. The molecule has 7 nitrogen and oxygen atoms in total. The molecule has 2 aromatic carbocycles. The number of ether oxygens (including phenoxy) is 2. The number of anilines is 1. The molecular weight excluding hydrogens is 433 g/mol. The Labute approximate surface area is 180 Å². The first-order valence-corrected chi connectivity index (χ1v) is 10.00. The Morgan fingerprint density at radius 1 is 1.13 bits per heavy atom. The molecule has 0 spiro atoms. The van der Waals surface area contributed by atoms with Gasteiger partial charge in [-0.05, 0) is 42.5 Å². The topological polar surface area (TPSA) is 78.3 Å². The summed E-state index contributed by atoms with van der Waals surface area (Å²) in [6.45, 7) is 0.173. The van der Waals surface area contributed by atoms with Crippen molar-refractivity contribution in [3.05, 3.63) is 59.9 Å². The zero-order chi connectivity index (χ0) is 22.4. The zero-order valence-electron chi connectivity index (χ0n) is 16.6. The molecule has 3 rings (SSSR count). The molecule has 0 aliphatic rings. The molecule has 0 aliphatic carbocycles. The highest BCUT2D eigenvalue weighted by Gasteiger charge is 2.30. The molecule has 0 saturated heterocycles. The van der Waals surface area contributed by atoms with Crippen molar-refractivity contribution in [2.75, 3.05) is 18.2 Å². The predicted octanol–water partition coefficient (Wildman–Crippen LogP) is 4.15. The molecule has 1 heterocycles. The maximum Gasteiger partial charge on any atom is 0.416 e. The maximum atomic E-state index is 12.8. The number of carbonyl (C=O) groups is 1. The van der Waals surface area contributed by atoms with Crippen LogP contribution in [0, 0.1) is 0 Å². The number of halogens is 3. The normalized spacial score (nSPS) is 11.3. The summed E-state index contributed by atoms with van der Waals surface area (Å²) in [5.74, 6) is 1.41. The summed E-state index contributed by atoms with van der Waals surface area (Å²) in [7, 11) is 3.31. The van der Waals surface area contributed by atoms with Crippen LogP contribution in [0.5, 0.6) is 11.5 Å². The van der Waals surface area contributed by atoms with E-state index in [1.807, 2.05) is 0 Å². The molecule has 1 aromatic heterocycles. The van der Waals surface area contributed by atoms with Gasteiger partial charge < -0.3 is 19.4 Å². The minimum atomic E-state index is -4.47. The number of nitrogens with one attached hydrogen (secondary N) is 1. The van der Waals surface area contributed by atoms with Gasteiger partial charge in [0.2, 0.25) is 5.91 Å². The molecule has 0 bridgehead atoms. The summed E-state index contributed by atoms with van der Waals surface area (Å²) in [5, 5.41) is 11.0. The summed E-state index contributed by atoms with van der Waals surface area (Å²) in [5.41, 5.74) is -0.750. The molecule has 3 aromatic rings. The summed E-state index contributed by atoms with van der Waals surface area (Å²) in [6.07, 6.45) is -4.47. The molecule has 11 heteroatoms. The number of benzene rings is 2. The van der Waals surface area contributed by atoms with Gasteiger partial charge in [-0.1, -0.05) is 17.8 Å². The number of methoxy groups -OCH3 is 1. The van der Waals surface area contributed by atoms with Crippen LogP contribution >= 0.6 is 11.8 Å². The fourth-order valence-electron chi connectivity index (χ4n) is 2.52. The third kappa shape index (κ3) is 6.14. The molecule has 0 saturated carbocycles. The molecule has 0 unspecified atom stereocenters. The van der Waals surface area contributed by atoms with Gasteiger partial charge in [0.1, 0.15) is 18.1 Å². The highest BCUT2D eigenvalue weighted by molar-refractivity contribution is 7.99. The van der Waals surface area contributed by atoms with Crippen molar-refractivity contribution in [2.24, 2.45) is 7.05 Å². The Hall–Kier alpha value is -3.21. The second kappa shape index (κ2) is 9.73. The third-order valence-corrected chi connectivity index (χ3v) is 5.18. The lowest BCUT2D eigenvalue weighted by Crippen LogP contribution is -2.15. The van der Waals surface area contributed by atoms with Crippen molar-refractivity contribution in [3.63, 3.8) is 0 Å². The molecule has 164 valence electrons. The van der Waals surface area contributed by atoms with Crippen molar-refractivity contribution < 1.29 is 27.4 Å². The average Bonchev–Trinajstić information content (AvgIpc) is 3.10. The van der Waals surface area contributed by atoms with E-state index in [1.165, 1.54) is 12.1 Å². The van der Waals surface area contributed by atoms with E-state index < -0.39 is 17.6 Å². The van der Waals surface area contributed by atoms with Crippen LogP contribution in [0.1, 0.15) is 11.4 Å². The zero-order valence-corrected chi connectivity index (χ0v) is 17.5. The van der Waals surface area contributed by atoms with Crippen molar-refractivity contribution in [3.8, 4) is 11.5 Å². The van der Waals surface area contributed by atoms with Gasteiger partial charge in [0.05, 0.1) is 18.4 Å². The monoisotopic (exact) mass is 452 g/mol. The minimum absolute atomic E-state index is 0.0401. The Morgan fingerprint density at radius 2 is 1.84 bits per heavy atom. The van der Waals surface area contributed by atoms with Crippen LogP contribution in [-0.4, -0.2) is 33.5 Å². The predicted molar refractivity (Wildman–Crippen MR) is 109 cm³/mol. The van der Waals surface area contributed by atoms with Crippen LogP contribution in [0.15, 0.2) is 53.7 Å². The summed E-state index contributed by atoms with van der Waals surface area (Å²) in [6, 6.07) is 11.6. The fourth-order valence-corrected chi connectivity index (χ4v) is 3.25. The average molecular weight is 452 g/mol. The van der Waals surface area contributed by atoms with Gasteiger partial charge in [-0.3, -0.25) is 4.79 Å². The van der Waals surface area contributed by atoms with Crippen LogP contribution in [-0.2, 0) is 24.6 Å². The first-order valence-electron chi connectivity index (χ1n) is 9.01. The van der Waals surface area contributed by atoms with Crippen LogP contribution in [0.3, 0.4) is 0 Å². The third-order valence-electron chi connectivity index (χ3n) is 4.16. The van der Waals surface area contributed by atoms with Crippen molar-refractivity contribution >= 4 is 23.4 Å². The van der Waals surface area contributed by atoms with E-state index in [0.29, 0.717) is 22.5 Å². The molecule has 1 amide bonds. The van der Waals surface area contributed by atoms with Crippen LogP contribution in [0.2, 0.25) is 0 Å². The SMILES string of the molecule is COc1ccc(OCc2nnc(SCC(=O)Nc3cccc(C(F)(F)F)c3)n2C)cc1. The lowest BCUT2D eigenvalue weighted by Gasteiger charge is -2.10. The van der Waals surface area contributed by atoms with Crippen molar-refractivity contribution in [2.45, 2.75) is 17.9 Å². The van der Waals surface area contributed by atoms with E-state index in [9.17, 15) is 18.0 Å². The first-order chi connectivity index (χ1) is 14.8. The highest BCUT2D eigenvalue weighted by atomic mass is 32.2. The number of alkyl halides is 3. The molecule has 0 atom stereocenters. The van der Waals surface area contributed by atoms with Gasteiger partial charge >= 0.3 is 6.18 Å². The molecule has 0 aliphatic heterocycles. The lowest BCUT2D eigenvalue weighted by molar-refractivity contribution is -0.137. The van der Waals surface area contributed by atoms with E-state index in [-0.39, 0.29) is 18.0 Å². The van der Waals surface area contributed by atoms with Gasteiger partial charge in [0.25, 0.3) is 0 Å². The standard InChI is InChI=1S/C20H19F3N4O3S/c1-27-17(11-30-16-8-6-15(29-2)7-9-16)25-26-19(27)31-12-18(28)24-14-5-3-4-13(10-14)20(21,22)23/h3-10H,11-12H2,1-2H3,(H,24,28). The number of hydrogen-bond acceptors (Lipinski definition) is 6. The molecule has 0 fully saturated rings. The Balaban J connectivity index is 1.53. The van der Waals surface area contributed by atoms with Gasteiger partial charge in [-0.15, -0.1) is 10.2 Å². The maximum absolute atomic E-state index is 12.8. The van der Waals surface area contributed by atoms with Crippen LogP contribution < -0.4 is 14.8 Å². The number of amides is 1. The van der Waals surface area contributed by atoms with Gasteiger partial charge in [0.15, 0.2) is 11.0 Å². The smallest absolute Gasteiger partial charge is 0.416 e. The van der Waals surface area contributed by atoms with Gasteiger partial charge in [0, 0.05) is 12.7 Å². The van der Waals surface area contributed by atoms with E-state index in [0.717, 1.165) is 23.9 Å². The quantitative estimate of drug-likeness (QED) is 0.518. The summed E-state index contributed by atoms with van der Waals surface area (Å²) >= 11 is 1.11. The summed E-state index contributed by atoms with van der Waals surface area (Å²) < 4.78 is 50.8. The van der Waals surface area contributed by atoms with Crippen molar-refractivity contribution in [1.29, 1.82) is 0 Å². The number of rotatable bonds is 8. The first kappa shape index (κ1) is 22.5. The second-order valence-electron chi connectivity index (χ2n) is 6.34. The van der Waals surface area contributed by atoms with Gasteiger partial charge in [-0.2, -0.15) is 13.2 Å². The Morgan fingerprint density at radius 3 is 2.52 bits per heavy atom. The van der Waals surface area contributed by atoms with E-state index in [2.05, 4.69) is 15.5 Å². The Kier molecular flexibility index (Phi) is 7.06. The number of aromatic nitrogens is 3. The van der Waals surface area contributed by atoms with Gasteiger partial charge in [-0.25, -0.2) is 0 Å². The van der Waals surface area contributed by atoms with Crippen molar-refractivity contribution in [1.82, 2.24) is 14.8 Å². The van der Waals surface area contributed by atoms with Crippen LogP contribution in [0.25, 0.3) is 0 Å². The van der Waals surface area contributed by atoms with E-state index in [4.69, 9.17) is 9.47 Å². The molecule has 1 N–H and O–H groups in total. The Bertz CT molecular complexity index is 1040. The van der Waals surface area contributed by atoms with E-state index >= 15 is 0 Å². The molecule has 31 heavy (non-hydrogen) atoms. The number of thioether (sulfide) groups is 1.